The summed E-state index contributed by atoms with van der Waals surface area (Å²) >= 11 is 1.53. The summed E-state index contributed by atoms with van der Waals surface area (Å²) in [6.07, 6.45) is -0.668. The lowest BCUT2D eigenvalue weighted by Gasteiger charge is -2.28. The van der Waals surface area contributed by atoms with Crippen molar-refractivity contribution in [2.24, 2.45) is 0 Å². The zero-order valence-electron chi connectivity index (χ0n) is 10.7. The van der Waals surface area contributed by atoms with Crippen molar-refractivity contribution < 1.29 is 19.4 Å². The van der Waals surface area contributed by atoms with Crippen LogP contribution in [0, 0.1) is 0 Å². The molecule has 2 rings (SSSR count). The van der Waals surface area contributed by atoms with E-state index in [-0.39, 0.29) is 0 Å². The quantitative estimate of drug-likeness (QED) is 0.878. The maximum Gasteiger partial charge on any atom is 0.328 e. The van der Waals surface area contributed by atoms with Gasteiger partial charge in [0, 0.05) is 10.6 Å². The molecule has 1 heterocycles. The number of thioether (sulfide) groups is 1. The van der Waals surface area contributed by atoms with Crippen LogP contribution in [0.5, 0.6) is 5.75 Å². The zero-order chi connectivity index (χ0) is 14.0. The number of carboxylic acids is 1. The normalized spacial score (nSPS) is 18.1. The number of hydrogen-bond acceptors (Lipinski definition) is 4. The van der Waals surface area contributed by atoms with E-state index in [1.165, 1.54) is 25.6 Å². The van der Waals surface area contributed by atoms with Gasteiger partial charge in [0.05, 0.1) is 0 Å². The van der Waals surface area contributed by atoms with Crippen LogP contribution in [0.2, 0.25) is 0 Å². The average molecular weight is 281 g/mol. The van der Waals surface area contributed by atoms with E-state index < -0.39 is 23.5 Å². The zero-order valence-corrected chi connectivity index (χ0v) is 11.5. The van der Waals surface area contributed by atoms with E-state index in [9.17, 15) is 9.59 Å². The van der Waals surface area contributed by atoms with E-state index in [1.807, 2.05) is 18.2 Å². The molecule has 0 aromatic heterocycles. The monoisotopic (exact) mass is 281 g/mol. The van der Waals surface area contributed by atoms with Crippen LogP contribution < -0.4 is 10.1 Å². The Morgan fingerprint density at radius 1 is 1.42 bits per heavy atom. The number of aliphatic carboxylic acids is 1. The van der Waals surface area contributed by atoms with Gasteiger partial charge in [-0.15, -0.1) is 11.8 Å². The summed E-state index contributed by atoms with van der Waals surface area (Å²) in [6, 6.07) is 7.46. The predicted octanol–water partition coefficient (Wildman–Crippen LogP) is 1.52. The SMILES string of the molecule is CC(C)(NC(=O)C1CSc2ccccc2O1)C(=O)O. The van der Waals surface area contributed by atoms with Crippen molar-refractivity contribution in [2.45, 2.75) is 30.4 Å². The Bertz CT molecular complexity index is 515. The Morgan fingerprint density at radius 3 is 2.79 bits per heavy atom. The fourth-order valence-corrected chi connectivity index (χ4v) is 2.57. The van der Waals surface area contributed by atoms with Crippen LogP contribution in [0.1, 0.15) is 13.8 Å². The van der Waals surface area contributed by atoms with Crippen molar-refractivity contribution in [1.29, 1.82) is 0 Å². The number of carboxylic acid groups (broad SMARTS) is 1. The van der Waals surface area contributed by atoms with Crippen LogP contribution in [0.3, 0.4) is 0 Å². The van der Waals surface area contributed by atoms with E-state index in [2.05, 4.69) is 5.32 Å². The van der Waals surface area contributed by atoms with Crippen LogP contribution in [0.25, 0.3) is 0 Å². The van der Waals surface area contributed by atoms with Gasteiger partial charge in [0.25, 0.3) is 5.91 Å². The summed E-state index contributed by atoms with van der Waals surface area (Å²) in [7, 11) is 0. The van der Waals surface area contributed by atoms with Gasteiger partial charge >= 0.3 is 5.97 Å². The summed E-state index contributed by atoms with van der Waals surface area (Å²) in [5, 5.41) is 11.5. The van der Waals surface area contributed by atoms with Crippen molar-refractivity contribution >= 4 is 23.6 Å². The Labute approximate surface area is 115 Å². The molecule has 1 amide bonds. The highest BCUT2D eigenvalue weighted by atomic mass is 32.2. The molecule has 0 spiro atoms. The third-order valence-electron chi connectivity index (χ3n) is 2.77. The van der Waals surface area contributed by atoms with Crippen molar-refractivity contribution in [1.82, 2.24) is 5.32 Å². The molecule has 1 aliphatic heterocycles. The first-order chi connectivity index (χ1) is 8.90. The number of carbonyl (C=O) groups excluding carboxylic acids is 1. The van der Waals surface area contributed by atoms with Crippen LogP contribution >= 0.6 is 11.8 Å². The molecule has 2 N–H and O–H groups in total. The summed E-state index contributed by atoms with van der Waals surface area (Å²) in [5.41, 5.74) is -1.30. The number of amides is 1. The highest BCUT2D eigenvalue weighted by molar-refractivity contribution is 7.99. The van der Waals surface area contributed by atoms with E-state index in [4.69, 9.17) is 9.84 Å². The van der Waals surface area contributed by atoms with E-state index in [0.29, 0.717) is 11.5 Å². The topological polar surface area (TPSA) is 75.6 Å². The van der Waals surface area contributed by atoms with Crippen molar-refractivity contribution in [3.8, 4) is 5.75 Å². The Kier molecular flexibility index (Phi) is 3.71. The second kappa shape index (κ2) is 5.13. The number of para-hydroxylation sites is 1. The Morgan fingerprint density at radius 2 is 2.11 bits per heavy atom. The van der Waals surface area contributed by atoms with Crippen molar-refractivity contribution in [3.05, 3.63) is 24.3 Å². The lowest BCUT2D eigenvalue weighted by atomic mass is 10.1. The number of benzene rings is 1. The maximum atomic E-state index is 12.0. The second-order valence-electron chi connectivity index (χ2n) is 4.78. The standard InChI is InChI=1S/C13H15NO4S/c1-13(2,12(16)17)14-11(15)9-7-19-10-6-4-3-5-8(10)18-9/h3-6,9H,7H2,1-2H3,(H,14,15)(H,16,17). The number of hydrogen-bond donors (Lipinski definition) is 2. The molecule has 1 aromatic rings. The van der Waals surface area contributed by atoms with Gasteiger partial charge < -0.3 is 15.2 Å². The highest BCUT2D eigenvalue weighted by Gasteiger charge is 2.34. The maximum absolute atomic E-state index is 12.0. The fraction of sp³-hybridized carbons (Fsp3) is 0.385. The molecule has 0 bridgehead atoms. The average Bonchev–Trinajstić information content (AvgIpc) is 2.37. The van der Waals surface area contributed by atoms with Gasteiger partial charge in [-0.1, -0.05) is 12.1 Å². The second-order valence-corrected chi connectivity index (χ2v) is 5.85. The molecular formula is C13H15NO4S. The first kappa shape index (κ1) is 13.7. The molecule has 19 heavy (non-hydrogen) atoms. The van der Waals surface area contributed by atoms with Gasteiger partial charge in [-0.25, -0.2) is 4.79 Å². The van der Waals surface area contributed by atoms with E-state index >= 15 is 0 Å². The minimum Gasteiger partial charge on any atom is -0.480 e. The van der Waals surface area contributed by atoms with Gasteiger partial charge in [0.1, 0.15) is 11.3 Å². The minimum absolute atomic E-state index is 0.408. The molecule has 6 heteroatoms. The molecule has 1 atom stereocenters. The third kappa shape index (κ3) is 3.01. The number of carbonyl (C=O) groups is 2. The van der Waals surface area contributed by atoms with E-state index in [0.717, 1.165) is 4.90 Å². The Hall–Kier alpha value is -1.69. The molecule has 1 aromatic carbocycles. The van der Waals surface area contributed by atoms with E-state index in [1.54, 1.807) is 6.07 Å². The molecule has 0 radical (unpaired) electrons. The lowest BCUT2D eigenvalue weighted by Crippen LogP contribution is -2.54. The summed E-state index contributed by atoms with van der Waals surface area (Å²) in [5.74, 6) is -0.357. The van der Waals surface area contributed by atoms with Crippen LogP contribution in [0.4, 0.5) is 0 Å². The largest absolute Gasteiger partial charge is 0.480 e. The molecule has 0 saturated heterocycles. The molecule has 5 nitrogen and oxygen atoms in total. The van der Waals surface area contributed by atoms with Crippen molar-refractivity contribution in [2.75, 3.05) is 5.75 Å². The summed E-state index contributed by atoms with van der Waals surface area (Å²) in [6.45, 7) is 2.88. The van der Waals surface area contributed by atoms with Crippen molar-refractivity contribution in [3.63, 3.8) is 0 Å². The van der Waals surface area contributed by atoms with Gasteiger partial charge in [0.15, 0.2) is 6.10 Å². The first-order valence-electron chi connectivity index (χ1n) is 5.84. The lowest BCUT2D eigenvalue weighted by molar-refractivity contribution is -0.147. The molecule has 0 fully saturated rings. The molecule has 102 valence electrons. The number of rotatable bonds is 3. The minimum atomic E-state index is -1.30. The first-order valence-corrected chi connectivity index (χ1v) is 6.82. The smallest absolute Gasteiger partial charge is 0.328 e. The predicted molar refractivity (Wildman–Crippen MR) is 71.4 cm³/mol. The molecule has 0 saturated carbocycles. The van der Waals surface area contributed by atoms with Crippen LogP contribution in [-0.4, -0.2) is 34.4 Å². The van der Waals surface area contributed by atoms with Gasteiger partial charge in [-0.05, 0) is 26.0 Å². The summed E-state index contributed by atoms with van der Waals surface area (Å²) in [4.78, 5) is 24.0. The molecule has 0 aliphatic carbocycles. The van der Waals surface area contributed by atoms with Gasteiger partial charge in [-0.2, -0.15) is 0 Å². The van der Waals surface area contributed by atoms with Crippen LogP contribution in [0.15, 0.2) is 29.2 Å². The molecular weight excluding hydrogens is 266 g/mol. The fourth-order valence-electron chi connectivity index (χ4n) is 1.59. The van der Waals surface area contributed by atoms with Gasteiger partial charge in [0.2, 0.25) is 0 Å². The van der Waals surface area contributed by atoms with Gasteiger partial charge in [-0.3, -0.25) is 4.79 Å². The Balaban J connectivity index is 2.05. The highest BCUT2D eigenvalue weighted by Crippen LogP contribution is 2.34. The number of nitrogens with one attached hydrogen (secondary N) is 1. The molecule has 1 unspecified atom stereocenters. The van der Waals surface area contributed by atoms with Crippen LogP contribution in [-0.2, 0) is 9.59 Å². The number of fused-ring (bicyclic) bond motifs is 1. The number of ether oxygens (including phenoxy) is 1. The molecule has 1 aliphatic rings. The third-order valence-corrected chi connectivity index (χ3v) is 3.89. The summed E-state index contributed by atoms with van der Waals surface area (Å²) < 4.78 is 5.59.